The molecule has 36 heavy (non-hydrogen) atoms. The molecule has 0 bridgehead atoms. The van der Waals surface area contributed by atoms with Crippen molar-refractivity contribution < 1.29 is 9.53 Å². The molecule has 1 aromatic heterocycles. The van der Waals surface area contributed by atoms with E-state index in [0.717, 1.165) is 36.3 Å². The highest BCUT2D eigenvalue weighted by molar-refractivity contribution is 5.95. The van der Waals surface area contributed by atoms with Crippen molar-refractivity contribution in [1.82, 2.24) is 15.0 Å². The van der Waals surface area contributed by atoms with Gasteiger partial charge in [-0.3, -0.25) is 4.79 Å². The normalized spacial score (nSPS) is 11.9. The smallest absolute Gasteiger partial charge is 0.262 e. The Hall–Kier alpha value is -3.87. The average molecular weight is 486 g/mol. The third-order valence-corrected chi connectivity index (χ3v) is 6.64. The van der Waals surface area contributed by atoms with E-state index in [9.17, 15) is 4.79 Å². The Balaban J connectivity index is 1.43. The molecule has 0 aliphatic heterocycles. The summed E-state index contributed by atoms with van der Waals surface area (Å²) >= 11 is 0. The lowest BCUT2D eigenvalue weighted by atomic mass is 9.99. The summed E-state index contributed by atoms with van der Waals surface area (Å²) in [6.07, 6.45) is 1.09. The van der Waals surface area contributed by atoms with E-state index < -0.39 is 0 Å². The first-order valence-corrected chi connectivity index (χ1v) is 12.7. The van der Waals surface area contributed by atoms with Gasteiger partial charge in [-0.2, -0.15) is 4.80 Å². The highest BCUT2D eigenvalue weighted by Gasteiger charge is 2.12. The van der Waals surface area contributed by atoms with Crippen LogP contribution in [0.3, 0.4) is 0 Å². The van der Waals surface area contributed by atoms with Crippen LogP contribution in [-0.2, 0) is 4.79 Å². The van der Waals surface area contributed by atoms with E-state index >= 15 is 0 Å². The van der Waals surface area contributed by atoms with Crippen molar-refractivity contribution in [3.05, 3.63) is 71.8 Å². The Morgan fingerprint density at radius 3 is 2.22 bits per heavy atom. The summed E-state index contributed by atoms with van der Waals surface area (Å²) in [6, 6.07) is 20.0. The molecule has 4 aromatic rings. The minimum Gasteiger partial charge on any atom is -0.484 e. The van der Waals surface area contributed by atoms with Crippen LogP contribution in [0.5, 0.6) is 5.75 Å². The average Bonchev–Trinajstić information content (AvgIpc) is 3.31. The van der Waals surface area contributed by atoms with Crippen LogP contribution in [0, 0.1) is 6.92 Å². The topological polar surface area (TPSA) is 72.3 Å². The molecule has 0 aliphatic rings. The maximum Gasteiger partial charge on any atom is 0.262 e. The van der Waals surface area contributed by atoms with Gasteiger partial charge in [-0.1, -0.05) is 26.0 Å². The van der Waals surface area contributed by atoms with E-state index in [1.807, 2.05) is 43.3 Å². The lowest BCUT2D eigenvalue weighted by molar-refractivity contribution is -0.118. The maximum absolute atomic E-state index is 12.6. The summed E-state index contributed by atoms with van der Waals surface area (Å²) in [4.78, 5) is 16.5. The summed E-state index contributed by atoms with van der Waals surface area (Å²) < 4.78 is 5.69. The Bertz CT molecular complexity index is 1310. The van der Waals surface area contributed by atoms with Gasteiger partial charge in [-0.15, -0.1) is 10.2 Å². The number of ether oxygens (including phenoxy) is 1. The summed E-state index contributed by atoms with van der Waals surface area (Å²) in [5.74, 6) is 0.965. The number of fused-ring (bicyclic) bond motifs is 1. The highest BCUT2D eigenvalue weighted by atomic mass is 16.5. The van der Waals surface area contributed by atoms with Gasteiger partial charge >= 0.3 is 0 Å². The number of amides is 1. The molecule has 0 fully saturated rings. The Morgan fingerprint density at radius 1 is 0.972 bits per heavy atom. The van der Waals surface area contributed by atoms with Gasteiger partial charge in [-0.25, -0.2) is 0 Å². The van der Waals surface area contributed by atoms with E-state index in [-0.39, 0.29) is 12.5 Å². The predicted molar refractivity (Wildman–Crippen MR) is 146 cm³/mol. The van der Waals surface area contributed by atoms with Crippen LogP contribution in [-0.4, -0.2) is 40.6 Å². The molecule has 1 atom stereocenters. The molecule has 4 rings (SSSR count). The molecule has 0 radical (unpaired) electrons. The number of carbonyl (C=O) groups excluding carboxylic acids is 1. The number of hydrogen-bond donors (Lipinski definition) is 1. The molecule has 7 heteroatoms. The van der Waals surface area contributed by atoms with Crippen molar-refractivity contribution in [2.45, 2.75) is 47.0 Å². The summed E-state index contributed by atoms with van der Waals surface area (Å²) in [7, 11) is 0. The fourth-order valence-electron chi connectivity index (χ4n) is 4.17. The van der Waals surface area contributed by atoms with Crippen molar-refractivity contribution >= 4 is 28.3 Å². The summed E-state index contributed by atoms with van der Waals surface area (Å²) in [5.41, 5.74) is 6.44. The number of rotatable bonds is 10. The number of aryl methyl sites for hydroxylation is 1. The van der Waals surface area contributed by atoms with Gasteiger partial charge in [0.25, 0.3) is 5.91 Å². The van der Waals surface area contributed by atoms with Gasteiger partial charge in [0.05, 0.1) is 5.69 Å². The Labute approximate surface area is 213 Å². The van der Waals surface area contributed by atoms with Crippen LogP contribution in [0.1, 0.15) is 51.2 Å². The van der Waals surface area contributed by atoms with E-state index in [4.69, 9.17) is 4.74 Å². The van der Waals surface area contributed by atoms with Gasteiger partial charge in [-0.05, 0) is 92.8 Å². The number of carbonyl (C=O) groups is 1. The second-order valence-electron chi connectivity index (χ2n) is 9.05. The lowest BCUT2D eigenvalue weighted by Gasteiger charge is -2.20. The Kier molecular flexibility index (Phi) is 7.88. The predicted octanol–water partition coefficient (Wildman–Crippen LogP) is 6.11. The molecule has 1 amide bonds. The van der Waals surface area contributed by atoms with Crippen molar-refractivity contribution in [1.29, 1.82) is 0 Å². The first kappa shape index (κ1) is 25.2. The molecular formula is C29H35N5O2. The van der Waals surface area contributed by atoms with Gasteiger partial charge < -0.3 is 15.0 Å². The molecule has 0 aliphatic carbocycles. The van der Waals surface area contributed by atoms with Gasteiger partial charge in [0.1, 0.15) is 16.8 Å². The molecule has 1 N–H and O–H groups in total. The maximum atomic E-state index is 12.6. The van der Waals surface area contributed by atoms with Crippen LogP contribution in [0.15, 0.2) is 60.7 Å². The second kappa shape index (κ2) is 11.2. The fraction of sp³-hybridized carbons (Fsp3) is 0.345. The molecule has 7 nitrogen and oxygen atoms in total. The number of anilines is 2. The minimum absolute atomic E-state index is 0.0638. The van der Waals surface area contributed by atoms with E-state index in [2.05, 4.69) is 72.4 Å². The third kappa shape index (κ3) is 5.67. The molecular weight excluding hydrogens is 450 g/mol. The SMILES string of the molecule is CCC(C)c1ccc(OCC(=O)Nc2cc3nn(-c4ccc(N(CC)CC)cc4)nc3cc2C)cc1. The molecule has 1 unspecified atom stereocenters. The number of nitrogens with zero attached hydrogens (tertiary/aromatic N) is 4. The van der Waals surface area contributed by atoms with Gasteiger partial charge in [0.2, 0.25) is 0 Å². The van der Waals surface area contributed by atoms with E-state index in [0.29, 0.717) is 22.9 Å². The third-order valence-electron chi connectivity index (χ3n) is 6.64. The number of aromatic nitrogens is 3. The van der Waals surface area contributed by atoms with Gasteiger partial charge in [0, 0.05) is 24.5 Å². The van der Waals surface area contributed by atoms with Crippen LogP contribution < -0.4 is 15.0 Å². The summed E-state index contributed by atoms with van der Waals surface area (Å²) in [5, 5.41) is 12.2. The fourth-order valence-corrected chi connectivity index (χ4v) is 4.17. The van der Waals surface area contributed by atoms with E-state index in [1.165, 1.54) is 11.3 Å². The van der Waals surface area contributed by atoms with Crippen molar-refractivity contribution in [2.24, 2.45) is 0 Å². The number of benzene rings is 3. The molecule has 3 aromatic carbocycles. The first-order valence-electron chi connectivity index (χ1n) is 12.7. The molecule has 0 saturated carbocycles. The number of nitrogens with one attached hydrogen (secondary N) is 1. The largest absolute Gasteiger partial charge is 0.484 e. The monoisotopic (exact) mass is 485 g/mol. The number of hydrogen-bond acceptors (Lipinski definition) is 5. The summed E-state index contributed by atoms with van der Waals surface area (Å²) in [6.45, 7) is 12.5. The zero-order valence-electron chi connectivity index (χ0n) is 21.8. The van der Waals surface area contributed by atoms with Gasteiger partial charge in [0.15, 0.2) is 6.61 Å². The highest BCUT2D eigenvalue weighted by Crippen LogP contribution is 2.24. The first-order chi connectivity index (χ1) is 17.4. The molecule has 0 saturated heterocycles. The van der Waals surface area contributed by atoms with Crippen molar-refractivity contribution in [2.75, 3.05) is 29.9 Å². The minimum atomic E-state index is -0.220. The van der Waals surface area contributed by atoms with Crippen LogP contribution in [0.2, 0.25) is 0 Å². The van der Waals surface area contributed by atoms with E-state index in [1.54, 1.807) is 4.80 Å². The molecule has 188 valence electrons. The second-order valence-corrected chi connectivity index (χ2v) is 9.05. The van der Waals surface area contributed by atoms with Crippen LogP contribution in [0.25, 0.3) is 16.7 Å². The quantitative estimate of drug-likeness (QED) is 0.294. The van der Waals surface area contributed by atoms with Crippen molar-refractivity contribution in [3.63, 3.8) is 0 Å². The van der Waals surface area contributed by atoms with Crippen LogP contribution >= 0.6 is 0 Å². The van der Waals surface area contributed by atoms with Crippen molar-refractivity contribution in [3.8, 4) is 11.4 Å². The van der Waals surface area contributed by atoms with Crippen LogP contribution in [0.4, 0.5) is 11.4 Å². The zero-order chi connectivity index (χ0) is 25.7. The molecule has 1 heterocycles. The standard InChI is InChI=1S/C29H35N5O2/c1-6-20(4)22-9-15-25(16-10-22)36-19-29(35)30-26-18-28-27(17-21(26)5)31-34(32-28)24-13-11-23(12-14-24)33(7-2)8-3/h9-18,20H,6-8,19H2,1-5H3,(H,30,35). The Morgan fingerprint density at radius 2 is 1.61 bits per heavy atom. The zero-order valence-corrected chi connectivity index (χ0v) is 21.8. The molecule has 0 spiro atoms. The lowest BCUT2D eigenvalue weighted by Crippen LogP contribution is -2.21.